The molecule has 7 heteroatoms. The number of Topliss-reactive ketones (excluding diaryl/α,β-unsaturated/α-hetero) is 1. The van der Waals surface area contributed by atoms with Crippen LogP contribution in [0.4, 0.5) is 0 Å². The molecule has 0 unspecified atom stereocenters. The molecule has 2 heterocycles. The highest BCUT2D eigenvalue weighted by Crippen LogP contribution is 2.30. The Morgan fingerprint density at radius 1 is 0.632 bits per heavy atom. The van der Waals surface area contributed by atoms with Gasteiger partial charge in [0.15, 0.2) is 5.78 Å². The standard InChI is InChI=1S/C31H38N2O5/c34-31-27(23-25-1-7-29(8-2-25)37-21-15-32-11-17-35-18-12-32)5-6-28(31)24-26-3-9-30(10-4-26)38-22-16-33-13-19-36-20-14-33/h1-4,7-10,23-24H,5-6,11-22H2/b27-23+,28-24+. The van der Waals surface area contributed by atoms with Gasteiger partial charge in [-0.05, 0) is 60.4 Å². The number of ether oxygens (including phenoxy) is 4. The molecule has 38 heavy (non-hydrogen) atoms. The van der Waals surface area contributed by atoms with Gasteiger partial charge in [-0.1, -0.05) is 24.3 Å². The van der Waals surface area contributed by atoms with Gasteiger partial charge in [-0.25, -0.2) is 0 Å². The predicted octanol–water partition coefficient (Wildman–Crippen LogP) is 3.94. The molecule has 0 bridgehead atoms. The van der Waals surface area contributed by atoms with E-state index in [1.807, 2.05) is 60.7 Å². The summed E-state index contributed by atoms with van der Waals surface area (Å²) in [6.45, 7) is 10.2. The van der Waals surface area contributed by atoms with E-state index in [2.05, 4.69) is 9.80 Å². The third-order valence-electron chi connectivity index (χ3n) is 7.25. The normalized spacial score (nSPS) is 21.3. The van der Waals surface area contributed by atoms with Crippen molar-refractivity contribution in [3.8, 4) is 11.5 Å². The van der Waals surface area contributed by atoms with Crippen molar-refractivity contribution in [1.82, 2.24) is 9.80 Å². The smallest absolute Gasteiger partial charge is 0.185 e. The predicted molar refractivity (Wildman–Crippen MR) is 149 cm³/mol. The Kier molecular flexibility index (Phi) is 9.61. The summed E-state index contributed by atoms with van der Waals surface area (Å²) >= 11 is 0. The Balaban J connectivity index is 1.09. The van der Waals surface area contributed by atoms with Gasteiger partial charge < -0.3 is 18.9 Å². The fraction of sp³-hybridized carbons (Fsp3) is 0.452. The Bertz CT molecular complexity index is 1010. The molecule has 0 amide bonds. The van der Waals surface area contributed by atoms with Crippen LogP contribution in [0.5, 0.6) is 11.5 Å². The van der Waals surface area contributed by atoms with Gasteiger partial charge in [-0.15, -0.1) is 0 Å². The molecule has 0 aromatic heterocycles. The maximum Gasteiger partial charge on any atom is 0.185 e. The van der Waals surface area contributed by atoms with Crippen LogP contribution in [0.2, 0.25) is 0 Å². The van der Waals surface area contributed by atoms with Crippen LogP contribution in [0.25, 0.3) is 12.2 Å². The van der Waals surface area contributed by atoms with Crippen LogP contribution in [0.15, 0.2) is 59.7 Å². The minimum atomic E-state index is 0.140. The minimum Gasteiger partial charge on any atom is -0.492 e. The van der Waals surface area contributed by atoms with Crippen LogP contribution in [-0.4, -0.2) is 94.5 Å². The van der Waals surface area contributed by atoms with E-state index < -0.39 is 0 Å². The minimum absolute atomic E-state index is 0.140. The number of rotatable bonds is 10. The Morgan fingerprint density at radius 2 is 1.03 bits per heavy atom. The molecule has 0 radical (unpaired) electrons. The van der Waals surface area contributed by atoms with Crippen LogP contribution in [-0.2, 0) is 14.3 Å². The van der Waals surface area contributed by atoms with Gasteiger partial charge in [0.1, 0.15) is 24.7 Å². The summed E-state index contributed by atoms with van der Waals surface area (Å²) in [5.41, 5.74) is 3.77. The van der Waals surface area contributed by atoms with E-state index in [0.29, 0.717) is 13.2 Å². The molecule has 2 saturated heterocycles. The molecule has 3 fully saturated rings. The number of carbonyl (C=O) groups is 1. The lowest BCUT2D eigenvalue weighted by atomic mass is 10.1. The van der Waals surface area contributed by atoms with Crippen molar-refractivity contribution >= 4 is 17.9 Å². The molecule has 1 aliphatic carbocycles. The van der Waals surface area contributed by atoms with Gasteiger partial charge >= 0.3 is 0 Å². The molecule has 0 spiro atoms. The van der Waals surface area contributed by atoms with Crippen molar-refractivity contribution in [2.75, 3.05) is 78.9 Å². The number of hydrogen-bond donors (Lipinski definition) is 0. The van der Waals surface area contributed by atoms with Crippen LogP contribution in [0.3, 0.4) is 0 Å². The SMILES string of the molecule is O=C1/C(=C/c2ccc(OCCN3CCOCC3)cc2)CC/C1=C\c1ccc(OCCN2CCOCC2)cc1. The molecule has 3 aliphatic rings. The fourth-order valence-corrected chi connectivity index (χ4v) is 4.94. The van der Waals surface area contributed by atoms with Crippen molar-refractivity contribution in [3.05, 3.63) is 70.8 Å². The fourth-order valence-electron chi connectivity index (χ4n) is 4.94. The summed E-state index contributed by atoms with van der Waals surface area (Å²) in [6.07, 6.45) is 5.55. The highest BCUT2D eigenvalue weighted by atomic mass is 16.5. The highest BCUT2D eigenvalue weighted by molar-refractivity contribution is 6.15. The number of allylic oxidation sites excluding steroid dienone is 2. The van der Waals surface area contributed by atoms with Crippen LogP contribution >= 0.6 is 0 Å². The quantitative estimate of drug-likeness (QED) is 0.442. The van der Waals surface area contributed by atoms with Crippen molar-refractivity contribution in [3.63, 3.8) is 0 Å². The van der Waals surface area contributed by atoms with E-state index in [4.69, 9.17) is 18.9 Å². The zero-order valence-corrected chi connectivity index (χ0v) is 22.1. The van der Waals surface area contributed by atoms with Crippen molar-refractivity contribution in [1.29, 1.82) is 0 Å². The zero-order chi connectivity index (χ0) is 26.0. The zero-order valence-electron chi connectivity index (χ0n) is 22.1. The highest BCUT2D eigenvalue weighted by Gasteiger charge is 2.23. The van der Waals surface area contributed by atoms with E-state index in [0.717, 1.165) is 112 Å². The van der Waals surface area contributed by atoms with E-state index in [-0.39, 0.29) is 5.78 Å². The largest absolute Gasteiger partial charge is 0.492 e. The molecule has 1 saturated carbocycles. The first-order valence-electron chi connectivity index (χ1n) is 13.7. The second-order valence-electron chi connectivity index (χ2n) is 9.91. The molecular formula is C31H38N2O5. The maximum absolute atomic E-state index is 13.0. The van der Waals surface area contributed by atoms with Gasteiger partial charge in [-0.3, -0.25) is 14.6 Å². The number of morpholine rings is 2. The second kappa shape index (κ2) is 13.7. The van der Waals surface area contributed by atoms with Crippen molar-refractivity contribution < 1.29 is 23.7 Å². The summed E-state index contributed by atoms with van der Waals surface area (Å²) in [5, 5.41) is 0. The van der Waals surface area contributed by atoms with Gasteiger partial charge in [0.05, 0.1) is 26.4 Å². The number of carbonyl (C=O) groups excluding carboxylic acids is 1. The Hall–Kier alpha value is -2.97. The summed E-state index contributed by atoms with van der Waals surface area (Å²) < 4.78 is 22.6. The molecule has 7 nitrogen and oxygen atoms in total. The van der Waals surface area contributed by atoms with Crippen LogP contribution < -0.4 is 9.47 Å². The summed E-state index contributed by atoms with van der Waals surface area (Å²) in [7, 11) is 0. The van der Waals surface area contributed by atoms with E-state index in [1.54, 1.807) is 0 Å². The lowest BCUT2D eigenvalue weighted by Crippen LogP contribution is -2.38. The summed E-state index contributed by atoms with van der Waals surface area (Å²) in [5.74, 6) is 1.85. The van der Waals surface area contributed by atoms with Gasteiger partial charge in [-0.2, -0.15) is 0 Å². The third kappa shape index (κ3) is 7.77. The monoisotopic (exact) mass is 518 g/mol. The molecular weight excluding hydrogens is 480 g/mol. The lowest BCUT2D eigenvalue weighted by Gasteiger charge is -2.26. The Morgan fingerprint density at radius 3 is 1.42 bits per heavy atom. The van der Waals surface area contributed by atoms with E-state index in [9.17, 15) is 4.79 Å². The molecule has 0 atom stereocenters. The molecule has 202 valence electrons. The van der Waals surface area contributed by atoms with Crippen LogP contribution in [0, 0.1) is 0 Å². The average Bonchev–Trinajstić information content (AvgIpc) is 3.30. The third-order valence-corrected chi connectivity index (χ3v) is 7.25. The first-order valence-corrected chi connectivity index (χ1v) is 13.7. The van der Waals surface area contributed by atoms with Gasteiger partial charge in [0.2, 0.25) is 0 Å². The van der Waals surface area contributed by atoms with Crippen LogP contribution in [0.1, 0.15) is 24.0 Å². The molecule has 2 aromatic carbocycles. The molecule has 0 N–H and O–H groups in total. The number of nitrogens with zero attached hydrogens (tertiary/aromatic N) is 2. The number of ketones is 1. The van der Waals surface area contributed by atoms with Gasteiger partial charge in [0.25, 0.3) is 0 Å². The van der Waals surface area contributed by atoms with Crippen molar-refractivity contribution in [2.45, 2.75) is 12.8 Å². The topological polar surface area (TPSA) is 60.5 Å². The first-order chi connectivity index (χ1) is 18.7. The van der Waals surface area contributed by atoms with E-state index >= 15 is 0 Å². The summed E-state index contributed by atoms with van der Waals surface area (Å²) in [4.78, 5) is 17.7. The molecule has 2 aliphatic heterocycles. The molecule has 5 rings (SSSR count). The van der Waals surface area contributed by atoms with Crippen molar-refractivity contribution in [2.24, 2.45) is 0 Å². The van der Waals surface area contributed by atoms with E-state index in [1.165, 1.54) is 0 Å². The average molecular weight is 519 g/mol. The lowest BCUT2D eigenvalue weighted by molar-refractivity contribution is -0.111. The summed E-state index contributed by atoms with van der Waals surface area (Å²) in [6, 6.07) is 16.0. The first kappa shape index (κ1) is 26.6. The molecule has 2 aromatic rings. The Labute approximate surface area is 225 Å². The number of benzene rings is 2. The van der Waals surface area contributed by atoms with Gasteiger partial charge in [0, 0.05) is 50.4 Å². The number of hydrogen-bond acceptors (Lipinski definition) is 7. The second-order valence-corrected chi connectivity index (χ2v) is 9.91. The maximum atomic E-state index is 13.0.